The molecule has 0 bridgehead atoms. The Morgan fingerprint density at radius 1 is 1.16 bits per heavy atom. The third kappa shape index (κ3) is 5.75. The second-order valence-corrected chi connectivity index (χ2v) is 5.31. The van der Waals surface area contributed by atoms with Crippen molar-refractivity contribution in [1.82, 2.24) is 4.90 Å². The quantitative estimate of drug-likeness (QED) is 0.530. The SMILES string of the molecule is CCCOCCCCCN1CC[C@@H](O)[C@H](O)[C@H]1CO. The first kappa shape index (κ1) is 16.9. The van der Waals surface area contributed by atoms with Gasteiger partial charge in [0.15, 0.2) is 0 Å². The van der Waals surface area contributed by atoms with Crippen molar-refractivity contribution in [3.8, 4) is 0 Å². The highest BCUT2D eigenvalue weighted by Gasteiger charge is 2.34. The van der Waals surface area contributed by atoms with Crippen LogP contribution in [0, 0.1) is 0 Å². The van der Waals surface area contributed by atoms with E-state index >= 15 is 0 Å². The Kier molecular flexibility index (Phi) is 8.57. The summed E-state index contributed by atoms with van der Waals surface area (Å²) in [5, 5.41) is 28.7. The second kappa shape index (κ2) is 9.66. The number of hydrogen-bond donors (Lipinski definition) is 3. The average Bonchev–Trinajstić information content (AvgIpc) is 2.42. The number of aliphatic hydroxyl groups excluding tert-OH is 3. The molecule has 0 aromatic carbocycles. The summed E-state index contributed by atoms with van der Waals surface area (Å²) in [5.74, 6) is 0. The molecule has 0 amide bonds. The minimum Gasteiger partial charge on any atom is -0.395 e. The lowest BCUT2D eigenvalue weighted by atomic mass is 9.96. The fourth-order valence-electron chi connectivity index (χ4n) is 2.55. The molecule has 5 heteroatoms. The number of likely N-dealkylation sites (tertiary alicyclic amines) is 1. The molecule has 0 spiro atoms. The molecule has 1 heterocycles. The molecule has 1 aliphatic heterocycles. The second-order valence-electron chi connectivity index (χ2n) is 5.31. The van der Waals surface area contributed by atoms with Gasteiger partial charge in [-0.3, -0.25) is 4.90 Å². The molecule has 0 radical (unpaired) electrons. The highest BCUT2D eigenvalue weighted by molar-refractivity contribution is 4.88. The monoisotopic (exact) mass is 275 g/mol. The maximum Gasteiger partial charge on any atom is 0.0976 e. The van der Waals surface area contributed by atoms with Crippen molar-refractivity contribution in [3.63, 3.8) is 0 Å². The van der Waals surface area contributed by atoms with E-state index in [4.69, 9.17) is 4.74 Å². The van der Waals surface area contributed by atoms with Gasteiger partial charge in [0.2, 0.25) is 0 Å². The van der Waals surface area contributed by atoms with Crippen LogP contribution in [0.15, 0.2) is 0 Å². The number of unbranched alkanes of at least 4 members (excludes halogenated alkanes) is 2. The molecule has 0 saturated carbocycles. The van der Waals surface area contributed by atoms with Crippen molar-refractivity contribution in [2.45, 2.75) is 57.3 Å². The zero-order valence-corrected chi connectivity index (χ0v) is 12.0. The molecule has 1 saturated heterocycles. The Balaban J connectivity index is 2.14. The van der Waals surface area contributed by atoms with E-state index in [9.17, 15) is 15.3 Å². The Morgan fingerprint density at radius 2 is 1.95 bits per heavy atom. The molecular formula is C14H29NO4. The van der Waals surface area contributed by atoms with Crippen LogP contribution in [0.1, 0.15) is 39.0 Å². The lowest BCUT2D eigenvalue weighted by molar-refractivity contribution is -0.0897. The van der Waals surface area contributed by atoms with Crippen molar-refractivity contribution >= 4 is 0 Å². The van der Waals surface area contributed by atoms with Crippen LogP contribution in [0.25, 0.3) is 0 Å². The van der Waals surface area contributed by atoms with Gasteiger partial charge in [0.05, 0.1) is 24.9 Å². The molecule has 0 aliphatic carbocycles. The Labute approximate surface area is 116 Å². The molecule has 1 rings (SSSR count). The number of ether oxygens (including phenoxy) is 1. The number of nitrogens with zero attached hydrogens (tertiary/aromatic N) is 1. The molecule has 1 aliphatic rings. The predicted molar refractivity (Wildman–Crippen MR) is 74.0 cm³/mol. The maximum absolute atomic E-state index is 9.84. The van der Waals surface area contributed by atoms with Crippen molar-refractivity contribution in [3.05, 3.63) is 0 Å². The average molecular weight is 275 g/mol. The van der Waals surface area contributed by atoms with Crippen LogP contribution >= 0.6 is 0 Å². The van der Waals surface area contributed by atoms with Crippen LogP contribution in [-0.4, -0.2) is 71.4 Å². The third-order valence-electron chi connectivity index (χ3n) is 3.74. The molecule has 0 aromatic rings. The zero-order valence-electron chi connectivity index (χ0n) is 12.0. The van der Waals surface area contributed by atoms with Gasteiger partial charge in [-0.25, -0.2) is 0 Å². The smallest absolute Gasteiger partial charge is 0.0976 e. The third-order valence-corrected chi connectivity index (χ3v) is 3.74. The molecule has 1 fully saturated rings. The molecular weight excluding hydrogens is 246 g/mol. The molecule has 114 valence electrons. The van der Waals surface area contributed by atoms with Gasteiger partial charge < -0.3 is 20.1 Å². The summed E-state index contributed by atoms with van der Waals surface area (Å²) in [7, 11) is 0. The largest absolute Gasteiger partial charge is 0.395 e. The Bertz CT molecular complexity index is 227. The summed E-state index contributed by atoms with van der Waals surface area (Å²) in [6.07, 6.45) is 3.31. The Hall–Kier alpha value is -0.200. The van der Waals surface area contributed by atoms with Gasteiger partial charge >= 0.3 is 0 Å². The number of aliphatic hydroxyl groups is 3. The molecule has 3 atom stereocenters. The van der Waals surface area contributed by atoms with Gasteiger partial charge in [-0.2, -0.15) is 0 Å². The van der Waals surface area contributed by atoms with Crippen molar-refractivity contribution in [1.29, 1.82) is 0 Å². The van der Waals surface area contributed by atoms with E-state index in [-0.39, 0.29) is 12.6 Å². The van der Waals surface area contributed by atoms with Crippen LogP contribution in [-0.2, 0) is 4.74 Å². The minimum absolute atomic E-state index is 0.0994. The fourth-order valence-corrected chi connectivity index (χ4v) is 2.55. The van der Waals surface area contributed by atoms with Gasteiger partial charge in [-0.1, -0.05) is 6.92 Å². The fraction of sp³-hybridized carbons (Fsp3) is 1.00. The van der Waals surface area contributed by atoms with E-state index in [1.54, 1.807) is 0 Å². The zero-order chi connectivity index (χ0) is 14.1. The molecule has 19 heavy (non-hydrogen) atoms. The standard InChI is InChI=1S/C14H29NO4/c1-2-9-19-10-5-3-4-7-15-8-6-13(17)14(18)12(15)11-16/h12-14,16-18H,2-11H2,1H3/t12-,13-,14-/m1/s1. The number of rotatable bonds is 9. The number of hydrogen-bond acceptors (Lipinski definition) is 5. The highest BCUT2D eigenvalue weighted by Crippen LogP contribution is 2.18. The van der Waals surface area contributed by atoms with Crippen molar-refractivity contribution < 1.29 is 20.1 Å². The lowest BCUT2D eigenvalue weighted by Gasteiger charge is -2.40. The van der Waals surface area contributed by atoms with Gasteiger partial charge in [0, 0.05) is 19.8 Å². The van der Waals surface area contributed by atoms with E-state index in [1.807, 2.05) is 0 Å². The maximum atomic E-state index is 9.84. The summed E-state index contributed by atoms with van der Waals surface area (Å²) in [6.45, 7) is 5.27. The van der Waals surface area contributed by atoms with Crippen molar-refractivity contribution in [2.75, 3.05) is 32.9 Å². The molecule has 5 nitrogen and oxygen atoms in total. The first-order valence-electron chi connectivity index (χ1n) is 7.49. The van der Waals surface area contributed by atoms with Crippen LogP contribution in [0.4, 0.5) is 0 Å². The van der Waals surface area contributed by atoms with Crippen LogP contribution < -0.4 is 0 Å². The van der Waals surface area contributed by atoms with Gasteiger partial charge in [0.1, 0.15) is 0 Å². The molecule has 3 N–H and O–H groups in total. The van der Waals surface area contributed by atoms with E-state index in [0.717, 1.165) is 52.0 Å². The first-order valence-corrected chi connectivity index (χ1v) is 7.49. The van der Waals surface area contributed by atoms with E-state index in [1.165, 1.54) is 0 Å². The normalized spacial score (nSPS) is 28.7. The van der Waals surface area contributed by atoms with Gasteiger partial charge in [-0.15, -0.1) is 0 Å². The van der Waals surface area contributed by atoms with Crippen molar-refractivity contribution in [2.24, 2.45) is 0 Å². The highest BCUT2D eigenvalue weighted by atomic mass is 16.5. The van der Waals surface area contributed by atoms with Gasteiger partial charge in [-0.05, 0) is 38.6 Å². The minimum atomic E-state index is -0.827. The van der Waals surface area contributed by atoms with Crippen LogP contribution in [0.3, 0.4) is 0 Å². The van der Waals surface area contributed by atoms with Gasteiger partial charge in [0.25, 0.3) is 0 Å². The van der Waals surface area contributed by atoms with Crippen LogP contribution in [0.2, 0.25) is 0 Å². The number of piperidine rings is 1. The molecule has 0 aromatic heterocycles. The lowest BCUT2D eigenvalue weighted by Crippen LogP contribution is -2.56. The summed E-state index contributed by atoms with van der Waals surface area (Å²) in [4.78, 5) is 2.09. The summed E-state index contributed by atoms with van der Waals surface area (Å²) in [6, 6.07) is -0.319. The topological polar surface area (TPSA) is 73.2 Å². The summed E-state index contributed by atoms with van der Waals surface area (Å²) >= 11 is 0. The summed E-state index contributed by atoms with van der Waals surface area (Å²) < 4.78 is 5.42. The van der Waals surface area contributed by atoms with E-state index < -0.39 is 12.2 Å². The van der Waals surface area contributed by atoms with Crippen LogP contribution in [0.5, 0.6) is 0 Å². The van der Waals surface area contributed by atoms with E-state index in [0.29, 0.717) is 6.42 Å². The first-order chi connectivity index (χ1) is 9.20. The Morgan fingerprint density at radius 3 is 2.63 bits per heavy atom. The molecule has 0 unspecified atom stereocenters. The van der Waals surface area contributed by atoms with E-state index in [2.05, 4.69) is 11.8 Å². The predicted octanol–water partition coefficient (Wildman–Crippen LogP) is 0.372. The summed E-state index contributed by atoms with van der Waals surface area (Å²) in [5.41, 5.74) is 0.